The third-order valence-electron chi connectivity index (χ3n) is 18.7. The minimum Gasteiger partial charge on any atom is -0.481 e. The van der Waals surface area contributed by atoms with E-state index in [1.165, 1.54) is 0 Å². The number of hydrogen-bond acceptors (Lipinski definition) is 23. The van der Waals surface area contributed by atoms with Crippen LogP contribution in [0.4, 0.5) is 0 Å². The van der Waals surface area contributed by atoms with Crippen LogP contribution in [0.2, 0.25) is 0 Å². The maximum Gasteiger partial charge on any atom is 0.326 e. The third-order valence-corrected chi connectivity index (χ3v) is 18.7. The molecule has 5 amide bonds. The van der Waals surface area contributed by atoms with E-state index in [-0.39, 0.29) is 221 Å². The van der Waals surface area contributed by atoms with Crippen molar-refractivity contribution in [1.82, 2.24) is 31.9 Å². The second kappa shape index (κ2) is 81.0. The Labute approximate surface area is 683 Å². The number of carboxylic acid groups (broad SMARTS) is 4. The molecule has 115 heavy (non-hydrogen) atoms. The molecule has 0 aliphatic rings. The molecule has 10 N–H and O–H groups in total. The van der Waals surface area contributed by atoms with Crippen molar-refractivity contribution in [1.29, 1.82) is 0 Å². The number of nitrogens with one attached hydrogen (secondary N) is 6. The number of Topliss-reactive ketones (excluding diaryl/α,β-unsaturated/α-hetero) is 5. The van der Waals surface area contributed by atoms with Crippen molar-refractivity contribution in [2.24, 2.45) is 11.8 Å². The highest BCUT2D eigenvalue weighted by molar-refractivity contribution is 5.86. The second-order valence-electron chi connectivity index (χ2n) is 29.1. The Morgan fingerprint density at radius 1 is 0.278 bits per heavy atom. The molecule has 0 fully saturated rings. The van der Waals surface area contributed by atoms with Gasteiger partial charge < -0.3 is 90.2 Å². The van der Waals surface area contributed by atoms with Gasteiger partial charge in [0.15, 0.2) is 5.78 Å². The van der Waals surface area contributed by atoms with Gasteiger partial charge >= 0.3 is 23.9 Å². The van der Waals surface area contributed by atoms with E-state index >= 15 is 0 Å². The molecular formula is C83H148N6O26. The highest BCUT2D eigenvalue weighted by Crippen LogP contribution is 2.19. The first-order valence-electron chi connectivity index (χ1n) is 42.5. The fourth-order valence-corrected chi connectivity index (χ4v) is 12.0. The Bertz CT molecular complexity index is 2600. The summed E-state index contributed by atoms with van der Waals surface area (Å²) in [6.07, 6.45) is 29.0. The second-order valence-corrected chi connectivity index (χ2v) is 29.1. The zero-order valence-corrected chi connectivity index (χ0v) is 70.2. The molecule has 0 aliphatic carbocycles. The molecular weight excluding hydrogens is 1500 g/mol. The zero-order chi connectivity index (χ0) is 85.4. The summed E-state index contributed by atoms with van der Waals surface area (Å²) in [6.45, 7) is 9.73. The highest BCUT2D eigenvalue weighted by Gasteiger charge is 2.24. The summed E-state index contributed by atoms with van der Waals surface area (Å²) in [5, 5.41) is 52.8. The van der Waals surface area contributed by atoms with Crippen LogP contribution in [0.15, 0.2) is 0 Å². The average molecular weight is 1650 g/mol. The first kappa shape index (κ1) is 110. The van der Waals surface area contributed by atoms with Crippen LogP contribution in [0.3, 0.4) is 0 Å². The van der Waals surface area contributed by atoms with Gasteiger partial charge in [-0.2, -0.15) is 0 Å². The number of carboxylic acids is 4. The van der Waals surface area contributed by atoms with Crippen molar-refractivity contribution >= 4 is 82.3 Å². The fourth-order valence-electron chi connectivity index (χ4n) is 12.0. The molecule has 0 radical (unpaired) electrons. The van der Waals surface area contributed by atoms with Crippen LogP contribution in [0.25, 0.3) is 0 Å². The SMILES string of the molecule is CCC[C@@H](CCCCNC(=O)COCCOCCNC(=O)COCCOCCCC(=O)CC[C@H](NC(=O)CCCCCCCCCCCCC(=O)O)C(=O)O)C(C)=O.CN[C@@H](CCCCNC(=O)COCCOCCCC(=O)COCCOCCNC(=O)CC[C@H](CC(=O)CCCCCCCCCCCCC(=O)O)C(=O)O)C(C)=O. The molecule has 0 unspecified atom stereocenters. The van der Waals surface area contributed by atoms with Crippen molar-refractivity contribution in [3.8, 4) is 0 Å². The van der Waals surface area contributed by atoms with Crippen molar-refractivity contribution in [3.63, 3.8) is 0 Å². The summed E-state index contributed by atoms with van der Waals surface area (Å²) in [5.74, 6) is -5.79. The summed E-state index contributed by atoms with van der Waals surface area (Å²) in [6, 6.07) is -1.26. The number of aliphatic carboxylic acids is 4. The van der Waals surface area contributed by atoms with Gasteiger partial charge in [0.25, 0.3) is 0 Å². The number of amides is 5. The molecule has 0 aromatic heterocycles. The van der Waals surface area contributed by atoms with Gasteiger partial charge in [0.1, 0.15) is 55.6 Å². The van der Waals surface area contributed by atoms with E-state index in [0.717, 1.165) is 173 Å². The van der Waals surface area contributed by atoms with Gasteiger partial charge in [0, 0.05) is 103 Å². The van der Waals surface area contributed by atoms with Crippen LogP contribution in [0, 0.1) is 11.8 Å². The predicted octanol–water partition coefficient (Wildman–Crippen LogP) is 9.11. The number of carbonyl (C=O) groups excluding carboxylic acids is 10. The van der Waals surface area contributed by atoms with E-state index in [9.17, 15) is 77.3 Å². The van der Waals surface area contributed by atoms with E-state index in [0.29, 0.717) is 71.6 Å². The first-order chi connectivity index (χ1) is 55.4. The Morgan fingerprint density at radius 2 is 0.661 bits per heavy atom. The summed E-state index contributed by atoms with van der Waals surface area (Å²) in [4.78, 5) is 164. The normalized spacial score (nSPS) is 12.1. The Hall–Kier alpha value is -6.78. The zero-order valence-electron chi connectivity index (χ0n) is 70.2. The van der Waals surface area contributed by atoms with E-state index < -0.39 is 35.8 Å². The Balaban J connectivity index is 0. The largest absolute Gasteiger partial charge is 0.481 e. The average Bonchev–Trinajstić information content (AvgIpc) is 0.930. The summed E-state index contributed by atoms with van der Waals surface area (Å²) in [5.41, 5.74) is 0. The van der Waals surface area contributed by atoms with Crippen LogP contribution in [0.5, 0.6) is 0 Å². The van der Waals surface area contributed by atoms with Crippen molar-refractivity contribution in [3.05, 3.63) is 0 Å². The van der Waals surface area contributed by atoms with Crippen LogP contribution >= 0.6 is 0 Å². The topological polar surface area (TPSA) is 466 Å². The lowest BCUT2D eigenvalue weighted by molar-refractivity contribution is -0.144. The maximum absolute atomic E-state index is 12.4. The number of ether oxygens (including phenoxy) is 8. The van der Waals surface area contributed by atoms with Crippen LogP contribution in [-0.4, -0.2) is 254 Å². The van der Waals surface area contributed by atoms with Gasteiger partial charge in [-0.3, -0.25) is 62.3 Å². The number of likely N-dealkylation sites (N-methyl/N-ethyl adjacent to an activating group) is 1. The van der Waals surface area contributed by atoms with Crippen LogP contribution < -0.4 is 31.9 Å². The van der Waals surface area contributed by atoms with Crippen molar-refractivity contribution in [2.75, 3.05) is 139 Å². The standard InChI is InChI=1S/C42H75N3O13.C41H73N3O13/c1-3-17-35(34(2)46)18-14-15-24-43-39(49)32-58-31-29-56-27-25-44-40(50)33-57-30-28-55-26-16-19-36(47)22-23-37(42(53)54)45-38(48)20-12-10-8-6-4-5-7-9-11-13-21-41(51)52;1-33(45)37(42-2)18-13-14-22-43-39(49)32-57-29-26-54-24-15-17-36(47)31-56-28-27-55-25-23-44-38(48)21-20-34(41(52)53)30-35(46)16-11-9-7-5-3-4-6-8-10-12-19-40(50)51/h35,37H,3-33H2,1-2H3,(H,43,49)(H,44,50)(H,45,48)(H,51,52)(H,53,54);34,37,42H,3-32H2,1-2H3,(H,43,49)(H,44,48)(H,50,51)(H,52,53)/t35-,37-;34-,37+/m01/s1. The van der Waals surface area contributed by atoms with Gasteiger partial charge in [-0.15, -0.1) is 0 Å². The summed E-state index contributed by atoms with van der Waals surface area (Å²) >= 11 is 0. The molecule has 666 valence electrons. The lowest BCUT2D eigenvalue weighted by atomic mass is 9.93. The maximum atomic E-state index is 12.4. The molecule has 32 heteroatoms. The van der Waals surface area contributed by atoms with E-state index in [2.05, 4.69) is 38.8 Å². The summed E-state index contributed by atoms with van der Waals surface area (Å²) < 4.78 is 42.9. The lowest BCUT2D eigenvalue weighted by Crippen LogP contribution is -2.41. The molecule has 0 rings (SSSR count). The Kier molecular flexibility index (Phi) is 77.7. The number of carbonyl (C=O) groups is 14. The third kappa shape index (κ3) is 79.5. The molecule has 0 aliphatic heterocycles. The van der Waals surface area contributed by atoms with E-state index in [1.54, 1.807) is 20.9 Å². The number of ketones is 5. The van der Waals surface area contributed by atoms with Crippen LogP contribution in [-0.2, 0) is 105 Å². The van der Waals surface area contributed by atoms with Crippen LogP contribution in [0.1, 0.15) is 284 Å². The van der Waals surface area contributed by atoms with Gasteiger partial charge in [-0.1, -0.05) is 122 Å². The van der Waals surface area contributed by atoms with Gasteiger partial charge in [-0.25, -0.2) is 4.79 Å². The van der Waals surface area contributed by atoms with Gasteiger partial charge in [-0.05, 0) is 111 Å². The van der Waals surface area contributed by atoms with E-state index in [1.807, 2.05) is 0 Å². The number of unbranched alkanes of at least 4 members (excludes halogenated alkanes) is 20. The van der Waals surface area contributed by atoms with Gasteiger partial charge in [0.2, 0.25) is 29.5 Å². The first-order valence-corrected chi connectivity index (χ1v) is 42.5. The van der Waals surface area contributed by atoms with Crippen molar-refractivity contribution < 1.29 is 125 Å². The molecule has 0 saturated heterocycles. The molecule has 0 heterocycles. The molecule has 0 bridgehead atoms. The molecule has 0 saturated carbocycles. The smallest absolute Gasteiger partial charge is 0.326 e. The molecule has 32 nitrogen and oxygen atoms in total. The van der Waals surface area contributed by atoms with E-state index in [4.69, 9.17) is 48.1 Å². The monoisotopic (exact) mass is 1650 g/mol. The molecule has 0 aromatic rings. The number of rotatable bonds is 86. The molecule has 0 spiro atoms. The fraction of sp³-hybridized carbons (Fsp3) is 0.831. The minimum atomic E-state index is -1.17. The molecule has 4 atom stereocenters. The molecule has 0 aromatic carbocycles. The van der Waals surface area contributed by atoms with Gasteiger partial charge in [0.05, 0.1) is 78.0 Å². The lowest BCUT2D eigenvalue weighted by Gasteiger charge is -2.14. The predicted molar refractivity (Wildman–Crippen MR) is 432 cm³/mol. The Morgan fingerprint density at radius 3 is 1.08 bits per heavy atom. The van der Waals surface area contributed by atoms with Crippen molar-refractivity contribution in [2.45, 2.75) is 296 Å². The minimum absolute atomic E-state index is 0.00313. The summed E-state index contributed by atoms with van der Waals surface area (Å²) in [7, 11) is 1.76. The highest BCUT2D eigenvalue weighted by atomic mass is 16.5. The number of hydrogen-bond donors (Lipinski definition) is 10. The quantitative estimate of drug-likeness (QED) is 0.0254.